The maximum absolute atomic E-state index is 6.08. The van der Waals surface area contributed by atoms with E-state index in [1.807, 2.05) is 0 Å². The molecule has 2 heteroatoms. The van der Waals surface area contributed by atoms with Crippen LogP contribution in [0.25, 0.3) is 0 Å². The molecule has 0 amide bonds. The Hall–Kier alpha value is -0.0800. The Bertz CT molecular complexity index is 225. The van der Waals surface area contributed by atoms with Crippen LogP contribution in [0.5, 0.6) is 0 Å². The van der Waals surface area contributed by atoms with Gasteiger partial charge in [0.2, 0.25) is 0 Å². The Kier molecular flexibility index (Phi) is 3.91. The second-order valence-corrected chi connectivity index (χ2v) is 6.41. The van der Waals surface area contributed by atoms with E-state index in [0.29, 0.717) is 5.41 Å². The molecule has 0 bridgehead atoms. The third kappa shape index (κ3) is 2.60. The SMILES string of the molecule is CC1CCCC(CN)(CN(C)C2CCC2)C1. The summed E-state index contributed by atoms with van der Waals surface area (Å²) in [6.07, 6.45) is 9.75. The summed E-state index contributed by atoms with van der Waals surface area (Å²) in [7, 11) is 2.31. The monoisotopic (exact) mass is 224 g/mol. The van der Waals surface area contributed by atoms with E-state index < -0.39 is 0 Å². The molecule has 16 heavy (non-hydrogen) atoms. The lowest BCUT2D eigenvalue weighted by Crippen LogP contribution is -2.48. The van der Waals surface area contributed by atoms with Crippen molar-refractivity contribution in [1.82, 2.24) is 4.90 Å². The van der Waals surface area contributed by atoms with Crippen molar-refractivity contribution in [3.8, 4) is 0 Å². The minimum absolute atomic E-state index is 0.433. The molecule has 0 aliphatic heterocycles. The summed E-state index contributed by atoms with van der Waals surface area (Å²) in [5.74, 6) is 0.882. The molecule has 2 rings (SSSR count). The summed E-state index contributed by atoms with van der Waals surface area (Å²) in [6.45, 7) is 4.51. The average molecular weight is 224 g/mol. The van der Waals surface area contributed by atoms with E-state index >= 15 is 0 Å². The van der Waals surface area contributed by atoms with Crippen LogP contribution in [0.15, 0.2) is 0 Å². The van der Waals surface area contributed by atoms with Crippen LogP contribution in [0.2, 0.25) is 0 Å². The zero-order valence-electron chi connectivity index (χ0n) is 11.0. The summed E-state index contributed by atoms with van der Waals surface area (Å²) in [6, 6.07) is 0.862. The lowest BCUT2D eigenvalue weighted by atomic mass is 9.69. The first-order valence-electron chi connectivity index (χ1n) is 7.05. The van der Waals surface area contributed by atoms with Crippen molar-refractivity contribution in [3.05, 3.63) is 0 Å². The van der Waals surface area contributed by atoms with E-state index in [2.05, 4.69) is 18.9 Å². The largest absolute Gasteiger partial charge is 0.330 e. The molecule has 2 atom stereocenters. The zero-order chi connectivity index (χ0) is 11.6. The van der Waals surface area contributed by atoms with Crippen LogP contribution in [-0.2, 0) is 0 Å². The molecule has 0 aromatic rings. The maximum atomic E-state index is 6.08. The fourth-order valence-electron chi connectivity index (χ4n) is 3.65. The van der Waals surface area contributed by atoms with E-state index in [-0.39, 0.29) is 0 Å². The average Bonchev–Trinajstić information content (AvgIpc) is 2.14. The number of nitrogens with two attached hydrogens (primary N) is 1. The summed E-state index contributed by atoms with van der Waals surface area (Å²) in [4.78, 5) is 2.59. The molecule has 2 unspecified atom stereocenters. The van der Waals surface area contributed by atoms with Crippen LogP contribution in [0.4, 0.5) is 0 Å². The molecule has 2 nitrogen and oxygen atoms in total. The highest BCUT2D eigenvalue weighted by Gasteiger charge is 2.36. The third-order valence-corrected chi connectivity index (χ3v) is 4.90. The highest BCUT2D eigenvalue weighted by molar-refractivity contribution is 4.90. The van der Waals surface area contributed by atoms with Gasteiger partial charge >= 0.3 is 0 Å². The van der Waals surface area contributed by atoms with Gasteiger partial charge in [-0.2, -0.15) is 0 Å². The maximum Gasteiger partial charge on any atom is 0.00924 e. The molecule has 94 valence electrons. The fourth-order valence-corrected chi connectivity index (χ4v) is 3.65. The van der Waals surface area contributed by atoms with Crippen molar-refractivity contribution < 1.29 is 0 Å². The molecule has 0 spiro atoms. The van der Waals surface area contributed by atoms with Crippen LogP contribution in [0.1, 0.15) is 51.9 Å². The number of rotatable bonds is 4. The molecule has 2 aliphatic carbocycles. The van der Waals surface area contributed by atoms with Crippen LogP contribution < -0.4 is 5.73 Å². The van der Waals surface area contributed by atoms with Gasteiger partial charge in [0.25, 0.3) is 0 Å². The van der Waals surface area contributed by atoms with E-state index in [4.69, 9.17) is 5.73 Å². The van der Waals surface area contributed by atoms with Crippen molar-refractivity contribution in [1.29, 1.82) is 0 Å². The van der Waals surface area contributed by atoms with Gasteiger partial charge in [-0.25, -0.2) is 0 Å². The van der Waals surface area contributed by atoms with E-state index in [9.17, 15) is 0 Å². The molecule has 2 N–H and O–H groups in total. The van der Waals surface area contributed by atoms with Gasteiger partial charge in [0, 0.05) is 12.6 Å². The predicted molar refractivity (Wildman–Crippen MR) is 69.4 cm³/mol. The van der Waals surface area contributed by atoms with Gasteiger partial charge < -0.3 is 10.6 Å². The molecule has 0 aromatic carbocycles. The second kappa shape index (κ2) is 5.05. The van der Waals surface area contributed by atoms with Gasteiger partial charge in [-0.15, -0.1) is 0 Å². The first kappa shape index (κ1) is 12.4. The molecular formula is C14H28N2. The molecule has 0 radical (unpaired) electrons. The zero-order valence-corrected chi connectivity index (χ0v) is 11.0. The summed E-state index contributed by atoms with van der Waals surface area (Å²) < 4.78 is 0. The fraction of sp³-hybridized carbons (Fsp3) is 1.00. The summed E-state index contributed by atoms with van der Waals surface area (Å²) in [5, 5.41) is 0. The molecule has 2 fully saturated rings. The van der Waals surface area contributed by atoms with Crippen molar-refractivity contribution >= 4 is 0 Å². The quantitative estimate of drug-likeness (QED) is 0.795. The minimum Gasteiger partial charge on any atom is -0.330 e. The van der Waals surface area contributed by atoms with Gasteiger partial charge in [0.15, 0.2) is 0 Å². The lowest BCUT2D eigenvalue weighted by Gasteiger charge is -2.45. The molecule has 2 aliphatic rings. The lowest BCUT2D eigenvalue weighted by molar-refractivity contribution is 0.0573. The first-order valence-corrected chi connectivity index (χ1v) is 7.05. The van der Waals surface area contributed by atoms with Gasteiger partial charge in [-0.1, -0.05) is 26.2 Å². The Morgan fingerprint density at radius 2 is 2.00 bits per heavy atom. The number of nitrogens with zero attached hydrogens (tertiary/aromatic N) is 1. The van der Waals surface area contributed by atoms with Crippen LogP contribution in [-0.4, -0.2) is 31.1 Å². The summed E-state index contributed by atoms with van der Waals surface area (Å²) in [5.41, 5.74) is 6.51. The van der Waals surface area contributed by atoms with Crippen molar-refractivity contribution in [3.63, 3.8) is 0 Å². The molecule has 0 aromatic heterocycles. The Balaban J connectivity index is 1.91. The third-order valence-electron chi connectivity index (χ3n) is 4.90. The smallest absolute Gasteiger partial charge is 0.00924 e. The Labute approximate surface area is 101 Å². The van der Waals surface area contributed by atoms with E-state index in [0.717, 1.165) is 18.5 Å². The summed E-state index contributed by atoms with van der Waals surface area (Å²) >= 11 is 0. The molecule has 0 saturated heterocycles. The Morgan fingerprint density at radius 1 is 1.25 bits per heavy atom. The van der Waals surface area contributed by atoms with Gasteiger partial charge in [-0.3, -0.25) is 0 Å². The van der Waals surface area contributed by atoms with Gasteiger partial charge in [0.05, 0.1) is 0 Å². The van der Waals surface area contributed by atoms with Crippen LogP contribution in [0.3, 0.4) is 0 Å². The number of hydrogen-bond acceptors (Lipinski definition) is 2. The molecule has 2 saturated carbocycles. The highest BCUT2D eigenvalue weighted by Crippen LogP contribution is 2.40. The van der Waals surface area contributed by atoms with Gasteiger partial charge in [-0.05, 0) is 50.6 Å². The standard InChI is InChI=1S/C14H28N2/c1-12-5-4-8-14(9-12,10-15)11-16(2)13-6-3-7-13/h12-13H,3-11,15H2,1-2H3. The van der Waals surface area contributed by atoms with Crippen molar-refractivity contribution in [2.24, 2.45) is 17.1 Å². The van der Waals surface area contributed by atoms with Crippen LogP contribution >= 0.6 is 0 Å². The van der Waals surface area contributed by atoms with Crippen molar-refractivity contribution in [2.45, 2.75) is 57.9 Å². The minimum atomic E-state index is 0.433. The predicted octanol–water partition coefficient (Wildman–Crippen LogP) is 2.63. The normalized spacial score (nSPS) is 36.4. The van der Waals surface area contributed by atoms with Crippen LogP contribution in [0, 0.1) is 11.3 Å². The Morgan fingerprint density at radius 3 is 2.50 bits per heavy atom. The van der Waals surface area contributed by atoms with Crippen molar-refractivity contribution in [2.75, 3.05) is 20.1 Å². The second-order valence-electron chi connectivity index (χ2n) is 6.41. The van der Waals surface area contributed by atoms with E-state index in [1.165, 1.54) is 51.5 Å². The van der Waals surface area contributed by atoms with E-state index in [1.54, 1.807) is 0 Å². The number of hydrogen-bond donors (Lipinski definition) is 1. The molecular weight excluding hydrogens is 196 g/mol. The first-order chi connectivity index (χ1) is 7.65. The highest BCUT2D eigenvalue weighted by atomic mass is 15.1. The van der Waals surface area contributed by atoms with Gasteiger partial charge in [0.1, 0.15) is 0 Å². The molecule has 0 heterocycles. The topological polar surface area (TPSA) is 29.3 Å².